The van der Waals surface area contributed by atoms with Crippen molar-refractivity contribution in [2.75, 3.05) is 19.7 Å². The summed E-state index contributed by atoms with van der Waals surface area (Å²) in [6, 6.07) is 7.70. The zero-order valence-corrected chi connectivity index (χ0v) is 17.3. The molecular weight excluding hydrogens is 354 g/mol. The third kappa shape index (κ3) is 7.89. The number of hydrogen-bond donors (Lipinski definition) is 3. The molecule has 1 fully saturated rings. The molecule has 0 aromatic heterocycles. The van der Waals surface area contributed by atoms with Crippen LogP contribution in [0.4, 0.5) is 0 Å². The number of amides is 2. The summed E-state index contributed by atoms with van der Waals surface area (Å²) in [5, 5.41) is 9.40. The second-order valence-corrected chi connectivity index (χ2v) is 7.42. The second kappa shape index (κ2) is 12.4. The molecule has 156 valence electrons. The van der Waals surface area contributed by atoms with Crippen LogP contribution in [0.1, 0.15) is 70.4 Å². The molecule has 1 aliphatic rings. The molecule has 1 aromatic carbocycles. The van der Waals surface area contributed by atoms with E-state index in [-0.39, 0.29) is 18.2 Å². The lowest BCUT2D eigenvalue weighted by atomic mass is 10.0. The quantitative estimate of drug-likeness (QED) is 0.424. The molecule has 1 aliphatic carbocycles. The Morgan fingerprint density at radius 1 is 1.11 bits per heavy atom. The summed E-state index contributed by atoms with van der Waals surface area (Å²) in [4.78, 5) is 24.1. The predicted molar refractivity (Wildman–Crippen MR) is 111 cm³/mol. The monoisotopic (exact) mass is 389 g/mol. The minimum atomic E-state index is -0.407. The standard InChI is InChI=1S/C22H35N3O3/c1-3-28-21-13-9-8-12-19(21)20(25-17(2)26)16-22(27)24-15-14-23-18-10-6-4-5-7-11-18/h8-9,12-13,18,20,23H,3-7,10-11,14-16H2,1-2H3,(H,24,27)(H,25,26). The van der Waals surface area contributed by atoms with Crippen LogP contribution in [0.25, 0.3) is 0 Å². The largest absolute Gasteiger partial charge is 0.494 e. The summed E-state index contributed by atoms with van der Waals surface area (Å²) in [6.07, 6.45) is 7.90. The van der Waals surface area contributed by atoms with Gasteiger partial charge < -0.3 is 20.7 Å². The van der Waals surface area contributed by atoms with E-state index >= 15 is 0 Å². The van der Waals surface area contributed by atoms with E-state index in [1.165, 1.54) is 45.4 Å². The maximum Gasteiger partial charge on any atom is 0.222 e. The van der Waals surface area contributed by atoms with Crippen molar-refractivity contribution in [3.8, 4) is 5.75 Å². The molecule has 6 heteroatoms. The minimum Gasteiger partial charge on any atom is -0.494 e. The van der Waals surface area contributed by atoms with Gasteiger partial charge in [-0.1, -0.05) is 43.9 Å². The van der Waals surface area contributed by atoms with Crippen LogP contribution in [0.2, 0.25) is 0 Å². The summed E-state index contributed by atoms with van der Waals surface area (Å²) in [5.74, 6) is 0.457. The average molecular weight is 390 g/mol. The van der Waals surface area contributed by atoms with Crippen LogP contribution in [0.3, 0.4) is 0 Å². The number of ether oxygens (including phenoxy) is 1. The van der Waals surface area contributed by atoms with Gasteiger partial charge in [0.05, 0.1) is 19.1 Å². The molecule has 0 bridgehead atoms. The first-order valence-electron chi connectivity index (χ1n) is 10.6. The molecule has 1 saturated carbocycles. The van der Waals surface area contributed by atoms with Crippen LogP contribution in [0.15, 0.2) is 24.3 Å². The highest BCUT2D eigenvalue weighted by atomic mass is 16.5. The first-order valence-corrected chi connectivity index (χ1v) is 10.6. The van der Waals surface area contributed by atoms with Gasteiger partial charge in [-0.15, -0.1) is 0 Å². The molecule has 28 heavy (non-hydrogen) atoms. The van der Waals surface area contributed by atoms with Crippen LogP contribution in [0.5, 0.6) is 5.75 Å². The summed E-state index contributed by atoms with van der Waals surface area (Å²) < 4.78 is 5.66. The number of carbonyl (C=O) groups is 2. The molecule has 1 unspecified atom stereocenters. The lowest BCUT2D eigenvalue weighted by Crippen LogP contribution is -2.38. The van der Waals surface area contributed by atoms with Crippen molar-refractivity contribution >= 4 is 11.8 Å². The smallest absolute Gasteiger partial charge is 0.222 e. The third-order valence-electron chi connectivity index (χ3n) is 5.10. The topological polar surface area (TPSA) is 79.5 Å². The van der Waals surface area contributed by atoms with Crippen molar-refractivity contribution in [2.24, 2.45) is 0 Å². The maximum absolute atomic E-state index is 12.5. The molecule has 3 N–H and O–H groups in total. The molecular formula is C22H35N3O3. The highest BCUT2D eigenvalue weighted by Crippen LogP contribution is 2.27. The van der Waals surface area contributed by atoms with Crippen LogP contribution in [-0.2, 0) is 9.59 Å². The lowest BCUT2D eigenvalue weighted by molar-refractivity contribution is -0.122. The zero-order valence-electron chi connectivity index (χ0n) is 17.3. The number of benzene rings is 1. The van der Waals surface area contributed by atoms with E-state index in [0.717, 1.165) is 12.1 Å². The molecule has 0 spiro atoms. The molecule has 0 heterocycles. The highest BCUT2D eigenvalue weighted by Gasteiger charge is 2.20. The van der Waals surface area contributed by atoms with Gasteiger partial charge in [-0.25, -0.2) is 0 Å². The van der Waals surface area contributed by atoms with E-state index < -0.39 is 6.04 Å². The van der Waals surface area contributed by atoms with E-state index in [1.54, 1.807) is 0 Å². The fraction of sp³-hybridized carbons (Fsp3) is 0.636. The molecule has 2 amide bonds. The Morgan fingerprint density at radius 3 is 2.50 bits per heavy atom. The van der Waals surface area contributed by atoms with Gasteiger partial charge in [0.15, 0.2) is 0 Å². The Bertz CT molecular complexity index is 613. The van der Waals surface area contributed by atoms with Gasteiger partial charge in [0, 0.05) is 31.6 Å². The van der Waals surface area contributed by atoms with Gasteiger partial charge in [-0.05, 0) is 25.8 Å². The Hall–Kier alpha value is -2.08. The average Bonchev–Trinajstić information content (AvgIpc) is 2.94. The van der Waals surface area contributed by atoms with Gasteiger partial charge in [-0.2, -0.15) is 0 Å². The Kier molecular flexibility index (Phi) is 9.83. The summed E-state index contributed by atoms with van der Waals surface area (Å²) in [6.45, 7) is 5.28. The SMILES string of the molecule is CCOc1ccccc1C(CC(=O)NCCNC1CCCCCC1)NC(C)=O. The highest BCUT2D eigenvalue weighted by molar-refractivity contribution is 5.79. The summed E-state index contributed by atoms with van der Waals surface area (Å²) >= 11 is 0. The number of para-hydroxylation sites is 1. The minimum absolute atomic E-state index is 0.0762. The van der Waals surface area contributed by atoms with Gasteiger partial charge in [0.2, 0.25) is 11.8 Å². The van der Waals surface area contributed by atoms with E-state index in [0.29, 0.717) is 24.9 Å². The maximum atomic E-state index is 12.5. The van der Waals surface area contributed by atoms with Crippen LogP contribution < -0.4 is 20.7 Å². The molecule has 0 radical (unpaired) electrons. The third-order valence-corrected chi connectivity index (χ3v) is 5.10. The van der Waals surface area contributed by atoms with Crippen molar-refractivity contribution < 1.29 is 14.3 Å². The fourth-order valence-electron chi connectivity index (χ4n) is 3.76. The van der Waals surface area contributed by atoms with Crippen LogP contribution in [-0.4, -0.2) is 37.6 Å². The van der Waals surface area contributed by atoms with Crippen molar-refractivity contribution in [1.29, 1.82) is 0 Å². The number of hydrogen-bond acceptors (Lipinski definition) is 4. The van der Waals surface area contributed by atoms with E-state index in [4.69, 9.17) is 4.74 Å². The lowest BCUT2D eigenvalue weighted by Gasteiger charge is -2.21. The van der Waals surface area contributed by atoms with Crippen molar-refractivity contribution in [3.05, 3.63) is 29.8 Å². The second-order valence-electron chi connectivity index (χ2n) is 7.42. The predicted octanol–water partition coefficient (Wildman–Crippen LogP) is 3.08. The number of carbonyl (C=O) groups excluding carboxylic acids is 2. The number of nitrogens with one attached hydrogen (secondary N) is 3. The zero-order chi connectivity index (χ0) is 20.2. The Balaban J connectivity index is 1.84. The van der Waals surface area contributed by atoms with E-state index in [2.05, 4.69) is 16.0 Å². The molecule has 2 rings (SSSR count). The van der Waals surface area contributed by atoms with E-state index in [1.807, 2.05) is 31.2 Å². The van der Waals surface area contributed by atoms with Gasteiger partial charge >= 0.3 is 0 Å². The van der Waals surface area contributed by atoms with Crippen LogP contribution in [0, 0.1) is 0 Å². The number of rotatable bonds is 10. The normalized spacial score (nSPS) is 16.1. The summed E-state index contributed by atoms with van der Waals surface area (Å²) in [5.41, 5.74) is 0.825. The molecule has 0 aliphatic heterocycles. The van der Waals surface area contributed by atoms with Crippen molar-refractivity contribution in [1.82, 2.24) is 16.0 Å². The summed E-state index contributed by atoms with van der Waals surface area (Å²) in [7, 11) is 0. The van der Waals surface area contributed by atoms with Gasteiger partial charge in [-0.3, -0.25) is 9.59 Å². The van der Waals surface area contributed by atoms with Gasteiger partial charge in [0.1, 0.15) is 5.75 Å². The van der Waals surface area contributed by atoms with Crippen molar-refractivity contribution in [2.45, 2.75) is 70.9 Å². The molecule has 0 saturated heterocycles. The molecule has 6 nitrogen and oxygen atoms in total. The molecule has 1 atom stereocenters. The first kappa shape index (κ1) is 22.2. The van der Waals surface area contributed by atoms with Crippen LogP contribution >= 0.6 is 0 Å². The van der Waals surface area contributed by atoms with Crippen molar-refractivity contribution in [3.63, 3.8) is 0 Å². The fourth-order valence-corrected chi connectivity index (χ4v) is 3.76. The Morgan fingerprint density at radius 2 is 1.82 bits per heavy atom. The Labute approximate surface area is 168 Å². The first-order chi connectivity index (χ1) is 13.6. The molecule has 1 aromatic rings. The van der Waals surface area contributed by atoms with E-state index in [9.17, 15) is 9.59 Å². The van der Waals surface area contributed by atoms with Gasteiger partial charge in [0.25, 0.3) is 0 Å².